The zero-order valence-corrected chi connectivity index (χ0v) is 16.4. The highest BCUT2D eigenvalue weighted by molar-refractivity contribution is 8.03. The molecule has 0 N–H and O–H groups in total. The molecule has 2 aliphatic heterocycles. The van der Waals surface area contributed by atoms with Gasteiger partial charge in [-0.2, -0.15) is 0 Å². The van der Waals surface area contributed by atoms with Gasteiger partial charge in [-0.25, -0.2) is 0 Å². The molecule has 0 amide bonds. The Morgan fingerprint density at radius 2 is 1.68 bits per heavy atom. The number of anilines is 2. The second-order valence-corrected chi connectivity index (χ2v) is 8.51. The van der Waals surface area contributed by atoms with Crippen LogP contribution in [0, 0.1) is 0 Å². The number of hydrogen-bond acceptors (Lipinski definition) is 4. The molecule has 25 heavy (non-hydrogen) atoms. The fraction of sp³-hybridized carbons (Fsp3) is 0.238. The molecule has 1 unspecified atom stereocenters. The Labute approximate surface area is 158 Å². The van der Waals surface area contributed by atoms with Gasteiger partial charge in [0.2, 0.25) is 0 Å². The lowest BCUT2D eigenvalue weighted by Gasteiger charge is -2.20. The normalized spacial score (nSPS) is 21.0. The van der Waals surface area contributed by atoms with Crippen LogP contribution >= 0.6 is 23.5 Å². The van der Waals surface area contributed by atoms with Crippen molar-refractivity contribution in [1.29, 1.82) is 0 Å². The highest BCUT2D eigenvalue weighted by Crippen LogP contribution is 2.46. The SMILES string of the molecule is CCC(/C=C1\Sc2ccccc2N1C)=C\C1Sc2ccccc2N1C. The molecule has 2 heterocycles. The van der Waals surface area contributed by atoms with Crippen LogP contribution in [0.25, 0.3) is 0 Å². The van der Waals surface area contributed by atoms with Crippen molar-refractivity contribution < 1.29 is 0 Å². The quantitative estimate of drug-likeness (QED) is 0.659. The van der Waals surface area contributed by atoms with Crippen LogP contribution in [-0.2, 0) is 0 Å². The lowest BCUT2D eigenvalue weighted by molar-refractivity contribution is 0.971. The second kappa shape index (κ2) is 6.85. The number of nitrogens with zero attached hydrogens (tertiary/aromatic N) is 2. The zero-order chi connectivity index (χ0) is 17.4. The summed E-state index contributed by atoms with van der Waals surface area (Å²) in [4.78, 5) is 7.37. The molecule has 2 aromatic carbocycles. The monoisotopic (exact) mass is 366 g/mol. The van der Waals surface area contributed by atoms with Crippen molar-refractivity contribution in [3.63, 3.8) is 0 Å². The number of benzene rings is 2. The zero-order valence-electron chi connectivity index (χ0n) is 14.8. The average molecular weight is 367 g/mol. The number of rotatable bonds is 3. The maximum atomic E-state index is 2.41. The van der Waals surface area contributed by atoms with Crippen molar-refractivity contribution in [1.82, 2.24) is 0 Å². The van der Waals surface area contributed by atoms with Gasteiger partial charge in [-0.3, -0.25) is 0 Å². The van der Waals surface area contributed by atoms with Gasteiger partial charge in [0.25, 0.3) is 0 Å². The summed E-state index contributed by atoms with van der Waals surface area (Å²) in [7, 11) is 4.34. The fourth-order valence-corrected chi connectivity index (χ4v) is 5.59. The summed E-state index contributed by atoms with van der Waals surface area (Å²) in [6, 6.07) is 17.3. The van der Waals surface area contributed by atoms with Gasteiger partial charge in [-0.1, -0.05) is 54.7 Å². The molecule has 0 fully saturated rings. The molecular formula is C21H22N2S2. The van der Waals surface area contributed by atoms with Crippen LogP contribution in [0.1, 0.15) is 13.3 Å². The van der Waals surface area contributed by atoms with Crippen LogP contribution in [0.2, 0.25) is 0 Å². The Morgan fingerprint density at radius 3 is 2.36 bits per heavy atom. The summed E-state index contributed by atoms with van der Waals surface area (Å²) in [5.41, 5.74) is 4.02. The van der Waals surface area contributed by atoms with E-state index in [0.29, 0.717) is 5.37 Å². The van der Waals surface area contributed by atoms with Crippen LogP contribution in [0.4, 0.5) is 11.4 Å². The second-order valence-electron chi connectivity index (χ2n) is 6.29. The first kappa shape index (κ1) is 16.7. The number of likely N-dealkylation sites (N-methyl/N-ethyl adjacent to an activating group) is 1. The third-order valence-electron chi connectivity index (χ3n) is 4.72. The minimum absolute atomic E-state index is 0.364. The van der Waals surface area contributed by atoms with E-state index in [1.807, 2.05) is 23.5 Å². The molecule has 1 atom stereocenters. The predicted molar refractivity (Wildman–Crippen MR) is 112 cm³/mol. The molecule has 0 radical (unpaired) electrons. The third kappa shape index (κ3) is 3.09. The molecule has 2 aliphatic rings. The molecule has 0 spiro atoms. The topological polar surface area (TPSA) is 6.48 Å². The van der Waals surface area contributed by atoms with Gasteiger partial charge in [-0.05, 0) is 48.4 Å². The third-order valence-corrected chi connectivity index (χ3v) is 7.18. The standard InChI is InChI=1S/C21H22N2S2/c1-4-15(13-20-22(2)16-9-5-7-11-18(16)24-20)14-21-23(3)17-10-6-8-12-19(17)25-21/h5-14,20H,4H2,1-3H3/b15-13+,21-14-. The lowest BCUT2D eigenvalue weighted by atomic mass is 10.1. The van der Waals surface area contributed by atoms with Gasteiger partial charge in [0.15, 0.2) is 0 Å². The van der Waals surface area contributed by atoms with Crippen molar-refractivity contribution in [2.75, 3.05) is 23.9 Å². The molecule has 128 valence electrons. The minimum atomic E-state index is 0.364. The van der Waals surface area contributed by atoms with Crippen molar-refractivity contribution in [2.45, 2.75) is 28.5 Å². The number of allylic oxidation sites excluding steroid dienone is 2. The van der Waals surface area contributed by atoms with Crippen LogP contribution < -0.4 is 9.80 Å². The van der Waals surface area contributed by atoms with E-state index in [1.165, 1.54) is 31.8 Å². The first-order valence-corrected chi connectivity index (χ1v) is 10.3. The van der Waals surface area contributed by atoms with Gasteiger partial charge in [0, 0.05) is 23.9 Å². The summed E-state index contributed by atoms with van der Waals surface area (Å²) in [6.45, 7) is 2.24. The van der Waals surface area contributed by atoms with E-state index in [2.05, 4.69) is 91.5 Å². The van der Waals surface area contributed by atoms with E-state index in [9.17, 15) is 0 Å². The highest BCUT2D eigenvalue weighted by Gasteiger charge is 2.26. The molecule has 0 aliphatic carbocycles. The molecule has 0 aromatic heterocycles. The van der Waals surface area contributed by atoms with Crippen molar-refractivity contribution in [3.8, 4) is 0 Å². The fourth-order valence-electron chi connectivity index (χ4n) is 3.20. The summed E-state index contributed by atoms with van der Waals surface area (Å²) < 4.78 is 0. The van der Waals surface area contributed by atoms with Crippen molar-refractivity contribution in [3.05, 3.63) is 71.3 Å². The maximum Gasteiger partial charge on any atom is 0.0985 e. The summed E-state index contributed by atoms with van der Waals surface area (Å²) in [5.74, 6) is 0. The van der Waals surface area contributed by atoms with Gasteiger partial charge >= 0.3 is 0 Å². The van der Waals surface area contributed by atoms with Crippen molar-refractivity contribution in [2.24, 2.45) is 0 Å². The van der Waals surface area contributed by atoms with E-state index in [1.54, 1.807) is 0 Å². The lowest BCUT2D eigenvalue weighted by Crippen LogP contribution is -2.22. The molecule has 4 rings (SSSR count). The molecule has 0 saturated carbocycles. The van der Waals surface area contributed by atoms with Gasteiger partial charge in [-0.15, -0.1) is 0 Å². The predicted octanol–water partition coefficient (Wildman–Crippen LogP) is 5.97. The number of hydrogen-bond donors (Lipinski definition) is 0. The van der Waals surface area contributed by atoms with Crippen LogP contribution in [0.3, 0.4) is 0 Å². The molecule has 4 heteroatoms. The van der Waals surface area contributed by atoms with Crippen LogP contribution in [0.5, 0.6) is 0 Å². The summed E-state index contributed by atoms with van der Waals surface area (Å²) >= 11 is 3.79. The van der Waals surface area contributed by atoms with Crippen LogP contribution in [0.15, 0.2) is 81.1 Å². The highest BCUT2D eigenvalue weighted by atomic mass is 32.2. The number of para-hydroxylation sites is 2. The van der Waals surface area contributed by atoms with Crippen molar-refractivity contribution >= 4 is 34.9 Å². The van der Waals surface area contributed by atoms with Gasteiger partial charge < -0.3 is 9.80 Å². The first-order chi connectivity index (χ1) is 12.2. The largest absolute Gasteiger partial charge is 0.358 e. The average Bonchev–Trinajstić information content (AvgIpc) is 3.12. The molecule has 2 nitrogen and oxygen atoms in total. The van der Waals surface area contributed by atoms with E-state index in [4.69, 9.17) is 0 Å². The summed E-state index contributed by atoms with van der Waals surface area (Å²) in [5, 5.41) is 1.67. The Hall–Kier alpha value is -1.78. The Balaban J connectivity index is 1.59. The smallest absolute Gasteiger partial charge is 0.0985 e. The van der Waals surface area contributed by atoms with E-state index >= 15 is 0 Å². The molecule has 0 bridgehead atoms. The maximum absolute atomic E-state index is 2.41. The molecular weight excluding hydrogens is 344 g/mol. The van der Waals surface area contributed by atoms with E-state index in [-0.39, 0.29) is 0 Å². The Morgan fingerprint density at radius 1 is 1.00 bits per heavy atom. The minimum Gasteiger partial charge on any atom is -0.358 e. The Kier molecular flexibility index (Phi) is 4.57. The first-order valence-electron chi connectivity index (χ1n) is 8.59. The van der Waals surface area contributed by atoms with E-state index in [0.717, 1.165) is 6.42 Å². The van der Waals surface area contributed by atoms with Crippen LogP contribution in [-0.4, -0.2) is 19.5 Å². The molecule has 0 saturated heterocycles. The van der Waals surface area contributed by atoms with Gasteiger partial charge in [0.1, 0.15) is 0 Å². The number of fused-ring (bicyclic) bond motifs is 2. The van der Waals surface area contributed by atoms with E-state index < -0.39 is 0 Å². The molecule has 2 aromatic rings. The number of thioether (sulfide) groups is 2. The summed E-state index contributed by atoms with van der Waals surface area (Å²) in [6.07, 6.45) is 5.80. The van der Waals surface area contributed by atoms with Gasteiger partial charge in [0.05, 0.1) is 21.8 Å². The Bertz CT molecular complexity index is 856.